The number of carbonyl (C=O) groups is 1. The molecular weight excluding hydrogens is 457 g/mol. The summed E-state index contributed by atoms with van der Waals surface area (Å²) in [4.78, 5) is 13.2. The summed E-state index contributed by atoms with van der Waals surface area (Å²) in [5, 5.41) is 21.3. The van der Waals surface area contributed by atoms with Crippen LogP contribution >= 0.6 is 34.8 Å². The number of hydrogen-bond acceptors (Lipinski definition) is 4. The Labute approximate surface area is 197 Å². The molecule has 5 nitrogen and oxygen atoms in total. The molecule has 1 heterocycles. The average Bonchev–Trinajstić information content (AvgIpc) is 3.07. The molecule has 0 saturated heterocycles. The first-order chi connectivity index (χ1) is 14.8. The average molecular weight is 481 g/mol. The first-order valence-corrected chi connectivity index (χ1v) is 11.6. The molecule has 0 unspecified atom stereocenters. The Balaban J connectivity index is 1.68. The molecule has 164 valence electrons. The van der Waals surface area contributed by atoms with E-state index in [9.17, 15) is 9.90 Å². The van der Waals surface area contributed by atoms with E-state index >= 15 is 0 Å². The quantitative estimate of drug-likeness (QED) is 0.597. The number of hydrogen-bond donors (Lipinski definition) is 2. The molecule has 0 aromatic heterocycles. The molecule has 4 atom stereocenters. The highest BCUT2D eigenvalue weighted by atomic mass is 35.5. The lowest BCUT2D eigenvalue weighted by Gasteiger charge is -2.29. The number of aliphatic hydroxyl groups is 1. The van der Waals surface area contributed by atoms with Gasteiger partial charge in [0, 0.05) is 16.0 Å². The van der Waals surface area contributed by atoms with Gasteiger partial charge in [-0.05, 0) is 48.7 Å². The largest absolute Gasteiger partial charge is 0.391 e. The molecule has 1 amide bonds. The van der Waals surface area contributed by atoms with Gasteiger partial charge in [-0.2, -0.15) is 5.10 Å². The third kappa shape index (κ3) is 4.70. The molecule has 1 fully saturated rings. The highest BCUT2D eigenvalue weighted by molar-refractivity contribution is 6.41. The Morgan fingerprint density at radius 1 is 1.06 bits per heavy atom. The molecule has 2 aliphatic rings. The van der Waals surface area contributed by atoms with E-state index in [-0.39, 0.29) is 23.9 Å². The van der Waals surface area contributed by atoms with Crippen LogP contribution < -0.4 is 10.3 Å². The van der Waals surface area contributed by atoms with Gasteiger partial charge in [0.25, 0.3) is 5.91 Å². The minimum Gasteiger partial charge on any atom is -0.391 e. The number of anilines is 1. The van der Waals surface area contributed by atoms with Crippen molar-refractivity contribution in [3.8, 4) is 0 Å². The predicted octanol–water partition coefficient (Wildman–Crippen LogP) is 5.62. The van der Waals surface area contributed by atoms with Gasteiger partial charge in [0.05, 0.1) is 28.9 Å². The highest BCUT2D eigenvalue weighted by Crippen LogP contribution is 2.42. The third-order valence-corrected chi connectivity index (χ3v) is 6.82. The SMILES string of the molecule is C[C@H]1C(C(=O)N[C@H]2CCCC[C@@H]2O)=NN(c2ccc(Cl)cc2Cl)[C@H]1c1ccc(Cl)cc1. The van der Waals surface area contributed by atoms with Crippen molar-refractivity contribution in [3.05, 3.63) is 63.1 Å². The van der Waals surface area contributed by atoms with E-state index in [2.05, 4.69) is 5.32 Å². The summed E-state index contributed by atoms with van der Waals surface area (Å²) in [6.45, 7) is 1.97. The summed E-state index contributed by atoms with van der Waals surface area (Å²) in [5.74, 6) is -0.473. The van der Waals surface area contributed by atoms with Crippen molar-refractivity contribution < 1.29 is 9.90 Å². The predicted molar refractivity (Wildman–Crippen MR) is 126 cm³/mol. The number of hydrazone groups is 1. The van der Waals surface area contributed by atoms with Gasteiger partial charge < -0.3 is 10.4 Å². The highest BCUT2D eigenvalue weighted by Gasteiger charge is 2.41. The number of amides is 1. The van der Waals surface area contributed by atoms with E-state index in [1.807, 2.05) is 31.2 Å². The van der Waals surface area contributed by atoms with Crippen LogP contribution in [-0.2, 0) is 4.79 Å². The van der Waals surface area contributed by atoms with E-state index < -0.39 is 6.10 Å². The van der Waals surface area contributed by atoms with Crippen molar-refractivity contribution in [2.75, 3.05) is 5.01 Å². The topological polar surface area (TPSA) is 64.9 Å². The van der Waals surface area contributed by atoms with Crippen molar-refractivity contribution in [1.82, 2.24) is 5.32 Å². The first kappa shape index (κ1) is 22.4. The van der Waals surface area contributed by atoms with Crippen LogP contribution in [0.1, 0.15) is 44.2 Å². The van der Waals surface area contributed by atoms with Crippen LogP contribution in [0.25, 0.3) is 0 Å². The van der Waals surface area contributed by atoms with Gasteiger partial charge in [-0.3, -0.25) is 9.80 Å². The molecule has 4 rings (SSSR count). The monoisotopic (exact) mass is 479 g/mol. The lowest BCUT2D eigenvalue weighted by atomic mass is 9.89. The molecule has 1 saturated carbocycles. The Hall–Kier alpha value is -1.79. The summed E-state index contributed by atoms with van der Waals surface area (Å²) >= 11 is 18.7. The van der Waals surface area contributed by atoms with Crippen molar-refractivity contribution in [3.63, 3.8) is 0 Å². The van der Waals surface area contributed by atoms with Crippen LogP contribution in [0, 0.1) is 5.92 Å². The second-order valence-corrected chi connectivity index (χ2v) is 9.42. The molecule has 0 bridgehead atoms. The molecule has 2 N–H and O–H groups in total. The minimum atomic E-state index is -0.524. The van der Waals surface area contributed by atoms with Crippen LogP contribution in [0.4, 0.5) is 5.69 Å². The molecule has 1 aliphatic carbocycles. The zero-order valence-corrected chi connectivity index (χ0v) is 19.3. The number of carbonyl (C=O) groups excluding carboxylic acids is 1. The van der Waals surface area contributed by atoms with Crippen LogP contribution in [-0.4, -0.2) is 28.9 Å². The standard InChI is InChI=1S/C23H24Cl3N3O2/c1-13-21(23(31)27-18-4-2-3-5-20(18)30)28-29(19-11-10-16(25)12-17(19)26)22(13)14-6-8-15(24)9-7-14/h6-13,18,20,22,30H,2-5H2,1H3,(H,27,31)/t13-,18-,20-,22+/m0/s1. The van der Waals surface area contributed by atoms with Crippen molar-refractivity contribution in [2.45, 2.75) is 50.8 Å². The second-order valence-electron chi connectivity index (χ2n) is 8.14. The van der Waals surface area contributed by atoms with Gasteiger partial charge in [-0.15, -0.1) is 0 Å². The molecule has 2 aromatic rings. The van der Waals surface area contributed by atoms with Gasteiger partial charge in [0.1, 0.15) is 5.71 Å². The summed E-state index contributed by atoms with van der Waals surface area (Å²) in [6, 6.07) is 12.2. The van der Waals surface area contributed by atoms with E-state index in [0.29, 0.717) is 32.9 Å². The normalized spacial score (nSPS) is 26.0. The van der Waals surface area contributed by atoms with Crippen molar-refractivity contribution in [1.29, 1.82) is 0 Å². The summed E-state index contributed by atoms with van der Waals surface area (Å²) in [7, 11) is 0. The van der Waals surface area contributed by atoms with Gasteiger partial charge >= 0.3 is 0 Å². The van der Waals surface area contributed by atoms with Crippen LogP contribution in [0.3, 0.4) is 0 Å². The first-order valence-electron chi connectivity index (χ1n) is 10.4. The molecule has 8 heteroatoms. The Kier molecular flexibility index (Phi) is 6.77. The second kappa shape index (κ2) is 9.37. The van der Waals surface area contributed by atoms with Gasteiger partial charge in [-0.1, -0.05) is 66.7 Å². The van der Waals surface area contributed by atoms with Crippen LogP contribution in [0.5, 0.6) is 0 Å². The lowest BCUT2D eigenvalue weighted by molar-refractivity contribution is -0.116. The van der Waals surface area contributed by atoms with Gasteiger partial charge in [0.15, 0.2) is 0 Å². The summed E-state index contributed by atoms with van der Waals surface area (Å²) in [5.41, 5.74) is 2.04. The summed E-state index contributed by atoms with van der Waals surface area (Å²) < 4.78 is 0. The fourth-order valence-electron chi connectivity index (χ4n) is 4.37. The molecule has 2 aromatic carbocycles. The zero-order valence-electron chi connectivity index (χ0n) is 17.1. The molecule has 1 aliphatic heterocycles. The zero-order chi connectivity index (χ0) is 22.1. The maximum absolute atomic E-state index is 13.2. The van der Waals surface area contributed by atoms with E-state index in [0.717, 1.165) is 24.8 Å². The van der Waals surface area contributed by atoms with Crippen LogP contribution in [0.2, 0.25) is 15.1 Å². The number of aliphatic hydroxyl groups excluding tert-OH is 1. The van der Waals surface area contributed by atoms with Gasteiger partial charge in [-0.25, -0.2) is 0 Å². The number of rotatable bonds is 4. The third-order valence-electron chi connectivity index (χ3n) is 6.03. The van der Waals surface area contributed by atoms with Crippen LogP contribution in [0.15, 0.2) is 47.6 Å². The number of benzene rings is 2. The molecule has 0 radical (unpaired) electrons. The fourth-order valence-corrected chi connectivity index (χ4v) is 4.99. The maximum atomic E-state index is 13.2. The van der Waals surface area contributed by atoms with E-state index in [1.165, 1.54) is 0 Å². The van der Waals surface area contributed by atoms with E-state index in [1.54, 1.807) is 23.2 Å². The molecule has 31 heavy (non-hydrogen) atoms. The minimum absolute atomic E-state index is 0.214. The van der Waals surface area contributed by atoms with E-state index in [4.69, 9.17) is 39.9 Å². The number of nitrogens with zero attached hydrogens (tertiary/aromatic N) is 2. The molecule has 0 spiro atoms. The Bertz CT molecular complexity index is 996. The Morgan fingerprint density at radius 3 is 2.42 bits per heavy atom. The number of nitrogens with one attached hydrogen (secondary N) is 1. The molecular formula is C23H24Cl3N3O2. The lowest BCUT2D eigenvalue weighted by Crippen LogP contribution is -2.48. The smallest absolute Gasteiger partial charge is 0.268 e. The Morgan fingerprint density at radius 2 is 1.74 bits per heavy atom. The van der Waals surface area contributed by atoms with Gasteiger partial charge in [0.2, 0.25) is 0 Å². The number of halogens is 3. The fraction of sp³-hybridized carbons (Fsp3) is 0.391. The maximum Gasteiger partial charge on any atom is 0.268 e. The van der Waals surface area contributed by atoms with Crippen molar-refractivity contribution >= 4 is 52.1 Å². The van der Waals surface area contributed by atoms with Crippen molar-refractivity contribution in [2.24, 2.45) is 11.0 Å². The summed E-state index contributed by atoms with van der Waals surface area (Å²) in [6.07, 6.45) is 2.91.